The van der Waals surface area contributed by atoms with Gasteiger partial charge in [0, 0.05) is 16.1 Å². The first-order valence-corrected chi connectivity index (χ1v) is 7.62. The lowest BCUT2D eigenvalue weighted by Crippen LogP contribution is -2.19. The molecule has 3 unspecified atom stereocenters. The van der Waals surface area contributed by atoms with Crippen molar-refractivity contribution in [3.05, 3.63) is 32.3 Å². The van der Waals surface area contributed by atoms with Crippen molar-refractivity contribution in [1.82, 2.24) is 0 Å². The van der Waals surface area contributed by atoms with Gasteiger partial charge in [0.2, 0.25) is 5.75 Å². The van der Waals surface area contributed by atoms with Gasteiger partial charge in [-0.2, -0.15) is 0 Å². The second-order valence-electron chi connectivity index (χ2n) is 5.23. The highest BCUT2D eigenvalue weighted by Gasteiger charge is 2.27. The van der Waals surface area contributed by atoms with E-state index in [1.165, 1.54) is 6.07 Å². The van der Waals surface area contributed by atoms with Gasteiger partial charge in [0.1, 0.15) is 6.61 Å². The number of aliphatic hydroxyl groups excluding tert-OH is 1. The fourth-order valence-corrected chi connectivity index (χ4v) is 2.85. The molecule has 0 aromatic heterocycles. The molecule has 6 nitrogen and oxygen atoms in total. The molecule has 0 radical (unpaired) electrons. The van der Waals surface area contributed by atoms with Gasteiger partial charge in [-0.3, -0.25) is 10.1 Å². The number of rotatable bonds is 5. The van der Waals surface area contributed by atoms with Gasteiger partial charge in [-0.15, -0.1) is 0 Å². The van der Waals surface area contributed by atoms with Crippen LogP contribution >= 0.6 is 15.9 Å². The summed E-state index contributed by atoms with van der Waals surface area (Å²) in [6.45, 7) is 3.78. The zero-order valence-electron chi connectivity index (χ0n) is 11.9. The molecule has 1 N–H and O–H groups in total. The van der Waals surface area contributed by atoms with Crippen molar-refractivity contribution in [1.29, 1.82) is 0 Å². The Labute approximate surface area is 131 Å². The number of ether oxygens (including phenoxy) is 2. The summed E-state index contributed by atoms with van der Waals surface area (Å²) in [5.74, 6) is 0.112. The minimum Gasteiger partial charge on any atom is -0.484 e. The maximum atomic E-state index is 11.2. The molecule has 1 heterocycles. The Morgan fingerprint density at radius 2 is 2.29 bits per heavy atom. The van der Waals surface area contributed by atoms with Gasteiger partial charge in [-0.05, 0) is 32.8 Å². The minimum absolute atomic E-state index is 0.0647. The topological polar surface area (TPSA) is 81.8 Å². The quantitative estimate of drug-likeness (QED) is 0.643. The fraction of sp³-hybridized carbons (Fsp3) is 0.571. The summed E-state index contributed by atoms with van der Waals surface area (Å²) in [7, 11) is 0. The van der Waals surface area contributed by atoms with Crippen LogP contribution in [0.25, 0.3) is 0 Å². The number of aliphatic hydroxyl groups is 1. The van der Waals surface area contributed by atoms with Crippen molar-refractivity contribution in [3.8, 4) is 5.75 Å². The Balaban J connectivity index is 2.25. The van der Waals surface area contributed by atoms with E-state index < -0.39 is 11.0 Å². The number of nitrogens with zero attached hydrogens (tertiary/aromatic N) is 1. The molecule has 1 saturated heterocycles. The third-order valence-corrected chi connectivity index (χ3v) is 3.90. The van der Waals surface area contributed by atoms with Gasteiger partial charge < -0.3 is 14.6 Å². The van der Waals surface area contributed by atoms with Gasteiger partial charge >= 0.3 is 5.69 Å². The lowest BCUT2D eigenvalue weighted by molar-refractivity contribution is -0.386. The highest BCUT2D eigenvalue weighted by molar-refractivity contribution is 9.10. The first-order chi connectivity index (χ1) is 9.88. The molecule has 0 amide bonds. The van der Waals surface area contributed by atoms with Crippen molar-refractivity contribution in [3.63, 3.8) is 0 Å². The van der Waals surface area contributed by atoms with Crippen molar-refractivity contribution in [2.24, 2.45) is 0 Å². The number of hydrogen-bond donors (Lipinski definition) is 1. The average Bonchev–Trinajstić information content (AvgIpc) is 2.81. The highest BCUT2D eigenvalue weighted by Crippen LogP contribution is 2.38. The van der Waals surface area contributed by atoms with Crippen molar-refractivity contribution >= 4 is 21.6 Å². The van der Waals surface area contributed by atoms with Crippen LogP contribution in [0.4, 0.5) is 5.69 Å². The molecule has 0 aliphatic carbocycles. The first-order valence-electron chi connectivity index (χ1n) is 6.82. The van der Waals surface area contributed by atoms with Crippen LogP contribution in [0.3, 0.4) is 0 Å². The summed E-state index contributed by atoms with van der Waals surface area (Å²) in [6, 6.07) is 3.00. The van der Waals surface area contributed by atoms with E-state index in [9.17, 15) is 15.2 Å². The standard InChI is InChI=1S/C14H18BrNO5/c1-8-3-4-11(21-8)7-20-14-12(9(2)17)5-10(15)6-13(14)16(18)19/h5-6,8-9,11,17H,3-4,7H2,1-2H3. The Bertz CT molecular complexity index is 534. The maximum Gasteiger partial charge on any atom is 0.312 e. The molecule has 1 aliphatic rings. The number of nitro benzene ring substituents is 1. The molecule has 0 bridgehead atoms. The molecular weight excluding hydrogens is 342 g/mol. The van der Waals surface area contributed by atoms with Crippen molar-refractivity contribution in [2.45, 2.75) is 45.0 Å². The third-order valence-electron chi connectivity index (χ3n) is 3.44. The van der Waals surface area contributed by atoms with Crippen LogP contribution < -0.4 is 4.74 Å². The van der Waals surface area contributed by atoms with E-state index in [1.54, 1.807) is 13.0 Å². The smallest absolute Gasteiger partial charge is 0.312 e. The average molecular weight is 360 g/mol. The van der Waals surface area contributed by atoms with Crippen LogP contribution in [0.15, 0.2) is 16.6 Å². The van der Waals surface area contributed by atoms with Crippen LogP contribution in [-0.4, -0.2) is 28.8 Å². The predicted octanol–water partition coefficient (Wildman–Crippen LogP) is 3.36. The molecule has 21 heavy (non-hydrogen) atoms. The monoisotopic (exact) mass is 359 g/mol. The van der Waals surface area contributed by atoms with Gasteiger partial charge in [0.15, 0.2) is 0 Å². The molecule has 0 saturated carbocycles. The number of benzene rings is 1. The first kappa shape index (κ1) is 16.2. The van der Waals surface area contributed by atoms with E-state index in [0.717, 1.165) is 12.8 Å². The zero-order valence-corrected chi connectivity index (χ0v) is 13.5. The van der Waals surface area contributed by atoms with Gasteiger partial charge in [0.25, 0.3) is 0 Å². The molecule has 0 spiro atoms. The van der Waals surface area contributed by atoms with E-state index in [2.05, 4.69) is 15.9 Å². The molecule has 1 aliphatic heterocycles. The summed E-state index contributed by atoms with van der Waals surface area (Å²) >= 11 is 3.21. The SMILES string of the molecule is CC1CCC(COc2c(C(C)O)cc(Br)cc2[N+](=O)[O-])O1. The lowest BCUT2D eigenvalue weighted by Gasteiger charge is -2.17. The summed E-state index contributed by atoms with van der Waals surface area (Å²) in [6.07, 6.45) is 1.09. The van der Waals surface area contributed by atoms with E-state index in [1.807, 2.05) is 6.92 Å². The molecule has 1 aromatic rings. The van der Waals surface area contributed by atoms with E-state index in [4.69, 9.17) is 9.47 Å². The zero-order chi connectivity index (χ0) is 15.6. The van der Waals surface area contributed by atoms with Crippen molar-refractivity contribution in [2.75, 3.05) is 6.61 Å². The van der Waals surface area contributed by atoms with Crippen LogP contribution in [-0.2, 0) is 4.74 Å². The van der Waals surface area contributed by atoms with Gasteiger partial charge in [0.05, 0.1) is 23.2 Å². The number of nitro groups is 1. The summed E-state index contributed by atoms with van der Waals surface area (Å²) in [5.41, 5.74) is 0.230. The van der Waals surface area contributed by atoms with Crippen LogP contribution in [0.5, 0.6) is 5.75 Å². The van der Waals surface area contributed by atoms with E-state index in [0.29, 0.717) is 10.0 Å². The summed E-state index contributed by atoms with van der Waals surface area (Å²) in [5, 5.41) is 21.0. The Morgan fingerprint density at radius 1 is 1.57 bits per heavy atom. The Hall–Kier alpha value is -1.18. The number of halogens is 1. The minimum atomic E-state index is -0.861. The molecule has 1 fully saturated rings. The largest absolute Gasteiger partial charge is 0.484 e. The predicted molar refractivity (Wildman–Crippen MR) is 80.5 cm³/mol. The fourth-order valence-electron chi connectivity index (χ4n) is 2.39. The Morgan fingerprint density at radius 3 is 2.81 bits per heavy atom. The lowest BCUT2D eigenvalue weighted by atomic mass is 10.1. The maximum absolute atomic E-state index is 11.2. The highest BCUT2D eigenvalue weighted by atomic mass is 79.9. The van der Waals surface area contributed by atoms with E-state index >= 15 is 0 Å². The second kappa shape index (κ2) is 6.72. The van der Waals surface area contributed by atoms with E-state index in [-0.39, 0.29) is 30.3 Å². The second-order valence-corrected chi connectivity index (χ2v) is 6.15. The van der Waals surface area contributed by atoms with Crippen LogP contribution in [0.2, 0.25) is 0 Å². The Kier molecular flexibility index (Phi) is 5.18. The van der Waals surface area contributed by atoms with Crippen LogP contribution in [0, 0.1) is 10.1 Å². The summed E-state index contributed by atoms with van der Waals surface area (Å²) in [4.78, 5) is 10.7. The van der Waals surface area contributed by atoms with Gasteiger partial charge in [-0.1, -0.05) is 15.9 Å². The molecular formula is C14H18BrNO5. The third kappa shape index (κ3) is 3.93. The van der Waals surface area contributed by atoms with Crippen molar-refractivity contribution < 1.29 is 19.5 Å². The van der Waals surface area contributed by atoms with Gasteiger partial charge in [-0.25, -0.2) is 0 Å². The molecule has 1 aromatic carbocycles. The molecule has 116 valence electrons. The molecule has 2 rings (SSSR count). The molecule has 3 atom stereocenters. The molecule has 7 heteroatoms. The normalized spacial score (nSPS) is 23.0. The summed E-state index contributed by atoms with van der Waals surface area (Å²) < 4.78 is 11.8. The van der Waals surface area contributed by atoms with Crippen LogP contribution in [0.1, 0.15) is 38.4 Å². The number of hydrogen-bond acceptors (Lipinski definition) is 5.